The molecule has 0 bridgehead atoms. The fraction of sp³-hybridized carbons (Fsp3) is 0.0455. The minimum atomic E-state index is 0.850. The highest BCUT2D eigenvalue weighted by Crippen LogP contribution is 2.33. The van der Waals surface area contributed by atoms with Gasteiger partial charge in [0, 0.05) is 21.8 Å². The molecule has 0 fully saturated rings. The average Bonchev–Trinajstić information content (AvgIpc) is 3.00. The van der Waals surface area contributed by atoms with Crippen LogP contribution in [0.25, 0.3) is 38.5 Å². The number of hydrogen-bond acceptors (Lipinski definition) is 2. The normalized spacial score (nSPS) is 11.4. The van der Waals surface area contributed by atoms with Gasteiger partial charge in [-0.05, 0) is 42.5 Å². The molecular weight excluding hydrogens is 308 g/mol. The molecule has 0 aliphatic carbocycles. The van der Waals surface area contributed by atoms with Crippen LogP contribution in [0.15, 0.2) is 78.9 Å². The summed E-state index contributed by atoms with van der Waals surface area (Å²) in [5.74, 6) is 0.850. The molecule has 2 heterocycles. The van der Waals surface area contributed by atoms with Crippen LogP contribution in [0.1, 0.15) is 0 Å². The molecule has 0 saturated heterocycles. The zero-order chi connectivity index (χ0) is 16.8. The molecule has 0 amide bonds. The molecule has 0 saturated carbocycles. The summed E-state index contributed by atoms with van der Waals surface area (Å²) in [6.45, 7) is 0. The average molecular weight is 324 g/mol. The van der Waals surface area contributed by atoms with Crippen LogP contribution in [0, 0.1) is 0 Å². The minimum absolute atomic E-state index is 0.850. The Morgan fingerprint density at radius 3 is 2.40 bits per heavy atom. The molecular formula is C22H16N2O. The van der Waals surface area contributed by atoms with Crippen LogP contribution >= 0.6 is 0 Å². The van der Waals surface area contributed by atoms with E-state index in [0.717, 1.165) is 33.5 Å². The van der Waals surface area contributed by atoms with Gasteiger partial charge in [0.2, 0.25) is 0 Å². The topological polar surface area (TPSA) is 27.1 Å². The van der Waals surface area contributed by atoms with Crippen LogP contribution < -0.4 is 4.74 Å². The van der Waals surface area contributed by atoms with Crippen LogP contribution in [0.4, 0.5) is 0 Å². The van der Waals surface area contributed by atoms with Gasteiger partial charge in [0.1, 0.15) is 11.4 Å². The molecule has 0 radical (unpaired) electrons. The summed E-state index contributed by atoms with van der Waals surface area (Å²) in [6, 6.07) is 27.1. The Balaban J connectivity index is 1.92. The van der Waals surface area contributed by atoms with E-state index in [9.17, 15) is 0 Å². The van der Waals surface area contributed by atoms with Gasteiger partial charge < -0.3 is 4.74 Å². The predicted molar refractivity (Wildman–Crippen MR) is 103 cm³/mol. The SMILES string of the molecule is COc1ccc(-n2c3ccccc3c3cc4ccccc4nc32)cc1. The molecule has 3 nitrogen and oxygen atoms in total. The van der Waals surface area contributed by atoms with Crippen LogP contribution in [-0.2, 0) is 0 Å². The number of fused-ring (bicyclic) bond motifs is 4. The van der Waals surface area contributed by atoms with E-state index in [0.29, 0.717) is 0 Å². The number of pyridine rings is 1. The smallest absolute Gasteiger partial charge is 0.146 e. The molecule has 3 heteroatoms. The van der Waals surface area contributed by atoms with Crippen molar-refractivity contribution in [3.05, 3.63) is 78.9 Å². The van der Waals surface area contributed by atoms with Gasteiger partial charge >= 0.3 is 0 Å². The number of para-hydroxylation sites is 2. The zero-order valence-corrected chi connectivity index (χ0v) is 13.8. The number of methoxy groups -OCH3 is 1. The number of hydrogen-bond donors (Lipinski definition) is 0. The van der Waals surface area contributed by atoms with Gasteiger partial charge in [0.05, 0.1) is 18.1 Å². The molecule has 2 aromatic heterocycles. The van der Waals surface area contributed by atoms with Gasteiger partial charge in [0.15, 0.2) is 0 Å². The molecule has 0 N–H and O–H groups in total. The highest BCUT2D eigenvalue weighted by atomic mass is 16.5. The third kappa shape index (κ3) is 2.09. The molecule has 0 aliphatic heterocycles. The summed E-state index contributed by atoms with van der Waals surface area (Å²) in [5, 5.41) is 3.55. The summed E-state index contributed by atoms with van der Waals surface area (Å²) >= 11 is 0. The summed E-state index contributed by atoms with van der Waals surface area (Å²) in [7, 11) is 1.68. The number of nitrogens with zero attached hydrogens (tertiary/aromatic N) is 2. The summed E-state index contributed by atoms with van der Waals surface area (Å²) in [5.41, 5.74) is 4.22. The Hall–Kier alpha value is -3.33. The summed E-state index contributed by atoms with van der Waals surface area (Å²) < 4.78 is 7.51. The molecule has 5 rings (SSSR count). The molecule has 0 spiro atoms. The van der Waals surface area contributed by atoms with Crippen molar-refractivity contribution in [1.29, 1.82) is 0 Å². The molecule has 0 aliphatic rings. The third-order valence-corrected chi connectivity index (χ3v) is 4.68. The summed E-state index contributed by atoms with van der Waals surface area (Å²) in [6.07, 6.45) is 0. The van der Waals surface area contributed by atoms with Crippen LogP contribution in [0.5, 0.6) is 5.75 Å². The van der Waals surface area contributed by atoms with Crippen molar-refractivity contribution in [2.45, 2.75) is 0 Å². The zero-order valence-electron chi connectivity index (χ0n) is 13.8. The highest BCUT2D eigenvalue weighted by Gasteiger charge is 2.14. The van der Waals surface area contributed by atoms with Crippen molar-refractivity contribution in [1.82, 2.24) is 9.55 Å². The number of rotatable bonds is 2. The van der Waals surface area contributed by atoms with Crippen molar-refractivity contribution in [3.63, 3.8) is 0 Å². The molecule has 120 valence electrons. The first-order valence-corrected chi connectivity index (χ1v) is 8.28. The van der Waals surface area contributed by atoms with E-state index >= 15 is 0 Å². The molecule has 25 heavy (non-hydrogen) atoms. The summed E-state index contributed by atoms with van der Waals surface area (Å²) in [4.78, 5) is 4.97. The fourth-order valence-electron chi connectivity index (χ4n) is 3.48. The van der Waals surface area contributed by atoms with Gasteiger partial charge in [-0.25, -0.2) is 4.98 Å². The molecule has 3 aromatic carbocycles. The van der Waals surface area contributed by atoms with Crippen molar-refractivity contribution >= 4 is 32.8 Å². The van der Waals surface area contributed by atoms with Crippen molar-refractivity contribution < 1.29 is 4.74 Å². The van der Waals surface area contributed by atoms with E-state index in [1.165, 1.54) is 10.8 Å². The highest BCUT2D eigenvalue weighted by molar-refractivity contribution is 6.11. The Bertz CT molecular complexity index is 1220. The number of ether oxygens (including phenoxy) is 1. The third-order valence-electron chi connectivity index (χ3n) is 4.68. The van der Waals surface area contributed by atoms with Crippen LogP contribution in [0.2, 0.25) is 0 Å². The van der Waals surface area contributed by atoms with E-state index in [1.807, 2.05) is 18.2 Å². The van der Waals surface area contributed by atoms with E-state index < -0.39 is 0 Å². The lowest BCUT2D eigenvalue weighted by Gasteiger charge is -2.08. The Morgan fingerprint density at radius 1 is 0.800 bits per heavy atom. The van der Waals surface area contributed by atoms with Crippen molar-refractivity contribution in [3.8, 4) is 11.4 Å². The van der Waals surface area contributed by atoms with Gasteiger partial charge in [-0.3, -0.25) is 4.57 Å². The monoisotopic (exact) mass is 324 g/mol. The standard InChI is InChI=1S/C22H16N2O/c1-25-17-12-10-16(11-13-17)24-21-9-5-3-7-18(21)19-14-15-6-2-4-8-20(15)23-22(19)24/h2-14H,1H3. The largest absolute Gasteiger partial charge is 0.497 e. The van der Waals surface area contributed by atoms with Gasteiger partial charge in [0.25, 0.3) is 0 Å². The Kier molecular flexibility index (Phi) is 3.01. The first-order chi connectivity index (χ1) is 12.3. The Labute approximate surface area is 145 Å². The van der Waals surface area contributed by atoms with E-state index in [1.54, 1.807) is 7.11 Å². The second-order valence-corrected chi connectivity index (χ2v) is 6.10. The van der Waals surface area contributed by atoms with Gasteiger partial charge in [-0.15, -0.1) is 0 Å². The maximum Gasteiger partial charge on any atom is 0.146 e. The Morgan fingerprint density at radius 2 is 1.56 bits per heavy atom. The van der Waals surface area contributed by atoms with Crippen LogP contribution in [0.3, 0.4) is 0 Å². The number of aromatic nitrogens is 2. The van der Waals surface area contributed by atoms with Crippen molar-refractivity contribution in [2.75, 3.05) is 7.11 Å². The maximum absolute atomic E-state index is 5.29. The quantitative estimate of drug-likeness (QED) is 0.438. The molecule has 0 unspecified atom stereocenters. The lowest BCUT2D eigenvalue weighted by atomic mass is 10.1. The first kappa shape index (κ1) is 14.1. The fourth-order valence-corrected chi connectivity index (χ4v) is 3.48. The maximum atomic E-state index is 5.29. The second-order valence-electron chi connectivity index (χ2n) is 6.10. The van der Waals surface area contributed by atoms with Crippen molar-refractivity contribution in [2.24, 2.45) is 0 Å². The second kappa shape index (κ2) is 5.35. The molecule has 0 atom stereocenters. The first-order valence-electron chi connectivity index (χ1n) is 8.28. The lowest BCUT2D eigenvalue weighted by molar-refractivity contribution is 0.415. The van der Waals surface area contributed by atoms with E-state index in [2.05, 4.69) is 65.2 Å². The predicted octanol–water partition coefficient (Wildman–Crippen LogP) is 5.34. The van der Waals surface area contributed by atoms with Gasteiger partial charge in [-0.2, -0.15) is 0 Å². The van der Waals surface area contributed by atoms with E-state index in [4.69, 9.17) is 9.72 Å². The minimum Gasteiger partial charge on any atom is -0.497 e. The van der Waals surface area contributed by atoms with E-state index in [-0.39, 0.29) is 0 Å². The number of benzene rings is 3. The van der Waals surface area contributed by atoms with Gasteiger partial charge in [-0.1, -0.05) is 36.4 Å². The molecule has 5 aromatic rings. The lowest BCUT2D eigenvalue weighted by Crippen LogP contribution is -1.95. The van der Waals surface area contributed by atoms with Crippen LogP contribution in [-0.4, -0.2) is 16.7 Å².